The number of fused-ring (bicyclic) bond motifs is 3. The summed E-state index contributed by atoms with van der Waals surface area (Å²) in [6.07, 6.45) is 2.80. The molecule has 6 rings (SSSR count). The summed E-state index contributed by atoms with van der Waals surface area (Å²) in [7, 11) is 1.90. The maximum atomic E-state index is 11.9. The Morgan fingerprint density at radius 2 is 2.06 bits per heavy atom. The van der Waals surface area contributed by atoms with Crippen LogP contribution in [0.4, 0.5) is 5.82 Å². The number of rotatable bonds is 2. The molecule has 2 fully saturated rings. The molecular weight excluding hydrogens is 442 g/mol. The Hall–Kier alpha value is -3.70. The summed E-state index contributed by atoms with van der Waals surface area (Å²) in [6.45, 7) is 5.13. The number of hydrogen-bond donors (Lipinski definition) is 1. The number of aromatic nitrogens is 3. The van der Waals surface area contributed by atoms with Crippen LogP contribution in [0.15, 0.2) is 31.1 Å². The van der Waals surface area contributed by atoms with Crippen LogP contribution in [-0.2, 0) is 11.8 Å². The molecule has 1 aromatic carbocycles. The molecule has 2 aliphatic heterocycles. The number of piperidine rings is 1. The van der Waals surface area contributed by atoms with Gasteiger partial charge in [-0.1, -0.05) is 24.1 Å². The Bertz CT molecular complexity index is 1410. The second-order valence-corrected chi connectivity index (χ2v) is 8.87. The number of amides is 1. The predicted octanol–water partition coefficient (Wildman–Crippen LogP) is 2.84. The van der Waals surface area contributed by atoms with Gasteiger partial charge in [-0.3, -0.25) is 4.79 Å². The molecule has 9 heteroatoms. The molecule has 4 heterocycles. The minimum Gasteiger partial charge on any atom is -0.454 e. The van der Waals surface area contributed by atoms with Gasteiger partial charge in [-0.2, -0.15) is 0 Å². The zero-order valence-electron chi connectivity index (χ0n) is 17.8. The smallest absolute Gasteiger partial charge is 0.245 e. The number of nitrogens with zero attached hydrogens (tertiary/aromatic N) is 4. The van der Waals surface area contributed by atoms with E-state index in [0.717, 1.165) is 24.3 Å². The van der Waals surface area contributed by atoms with Crippen molar-refractivity contribution in [1.29, 1.82) is 0 Å². The van der Waals surface area contributed by atoms with Crippen molar-refractivity contribution in [2.45, 2.75) is 0 Å². The van der Waals surface area contributed by atoms with Crippen molar-refractivity contribution < 1.29 is 14.3 Å². The molecule has 0 spiro atoms. The number of carbonyl (C=O) groups is 1. The summed E-state index contributed by atoms with van der Waals surface area (Å²) in [5, 5.41) is 1.17. The van der Waals surface area contributed by atoms with Crippen LogP contribution in [0.5, 0.6) is 11.5 Å². The number of benzene rings is 1. The largest absolute Gasteiger partial charge is 0.454 e. The fraction of sp³-hybridized carbons (Fsp3) is 0.292. The number of nitrogens with two attached hydrogens (primary N) is 1. The molecule has 1 saturated heterocycles. The molecule has 0 unspecified atom stereocenters. The number of carbonyl (C=O) groups excluding carboxylic acids is 1. The molecule has 2 aromatic heterocycles. The van der Waals surface area contributed by atoms with E-state index in [1.54, 1.807) is 12.1 Å². The Balaban J connectivity index is 1.47. The summed E-state index contributed by atoms with van der Waals surface area (Å²) in [4.78, 5) is 22.4. The summed E-state index contributed by atoms with van der Waals surface area (Å²) < 4.78 is 13.3. The highest BCUT2D eigenvalue weighted by Crippen LogP contribution is 2.52. The highest BCUT2D eigenvalue weighted by atomic mass is 35.5. The Kier molecular flexibility index (Phi) is 4.32. The summed E-state index contributed by atoms with van der Waals surface area (Å²) >= 11 is 6.67. The summed E-state index contributed by atoms with van der Waals surface area (Å²) in [5.74, 6) is 9.33. The lowest BCUT2D eigenvalue weighted by Gasteiger charge is -2.16. The van der Waals surface area contributed by atoms with E-state index >= 15 is 0 Å². The van der Waals surface area contributed by atoms with Crippen molar-refractivity contribution in [2.24, 2.45) is 24.8 Å². The van der Waals surface area contributed by atoms with Crippen molar-refractivity contribution in [3.63, 3.8) is 0 Å². The fourth-order valence-corrected chi connectivity index (χ4v) is 5.29. The number of hydrogen-bond acceptors (Lipinski definition) is 6. The first-order valence-electron chi connectivity index (χ1n) is 10.6. The zero-order chi connectivity index (χ0) is 22.9. The van der Waals surface area contributed by atoms with Crippen molar-refractivity contribution in [3.8, 4) is 34.5 Å². The normalized spacial score (nSPS) is 22.1. The van der Waals surface area contributed by atoms with Crippen LogP contribution < -0.4 is 15.2 Å². The third-order valence-corrected chi connectivity index (χ3v) is 7.09. The number of aryl methyl sites for hydroxylation is 1. The number of ether oxygens (including phenoxy) is 2. The maximum Gasteiger partial charge on any atom is 0.245 e. The van der Waals surface area contributed by atoms with Gasteiger partial charge in [0.1, 0.15) is 23.5 Å². The number of likely N-dealkylation sites (tertiary alicyclic amines) is 1. The molecular formula is C24H20ClN5O3. The second kappa shape index (κ2) is 7.15. The molecule has 166 valence electrons. The van der Waals surface area contributed by atoms with E-state index in [9.17, 15) is 4.79 Å². The van der Waals surface area contributed by atoms with Crippen molar-refractivity contribution in [1.82, 2.24) is 19.4 Å². The molecule has 8 nitrogen and oxygen atoms in total. The molecule has 2 N–H and O–H groups in total. The molecule has 3 aromatic rings. The number of nitrogen functional groups attached to an aromatic ring is 1. The minimum atomic E-state index is -0.0197. The number of halogens is 1. The first-order valence-corrected chi connectivity index (χ1v) is 11.0. The average Bonchev–Trinajstić information content (AvgIpc) is 3.20. The fourth-order valence-electron chi connectivity index (χ4n) is 5.05. The van der Waals surface area contributed by atoms with Crippen LogP contribution >= 0.6 is 11.6 Å². The van der Waals surface area contributed by atoms with Crippen molar-refractivity contribution in [2.75, 3.05) is 25.6 Å². The van der Waals surface area contributed by atoms with Gasteiger partial charge in [0.25, 0.3) is 0 Å². The van der Waals surface area contributed by atoms with Crippen molar-refractivity contribution >= 4 is 34.4 Å². The van der Waals surface area contributed by atoms with Gasteiger partial charge in [0, 0.05) is 31.6 Å². The van der Waals surface area contributed by atoms with E-state index in [4.69, 9.17) is 26.8 Å². The molecule has 3 atom stereocenters. The van der Waals surface area contributed by atoms with Gasteiger partial charge in [0.2, 0.25) is 12.7 Å². The molecule has 1 saturated carbocycles. The van der Waals surface area contributed by atoms with Gasteiger partial charge in [0.15, 0.2) is 11.5 Å². The molecule has 33 heavy (non-hydrogen) atoms. The second-order valence-electron chi connectivity index (χ2n) is 8.47. The van der Waals surface area contributed by atoms with E-state index in [1.165, 1.54) is 12.4 Å². The van der Waals surface area contributed by atoms with Gasteiger partial charge in [-0.25, -0.2) is 9.97 Å². The van der Waals surface area contributed by atoms with Gasteiger partial charge < -0.3 is 24.7 Å². The van der Waals surface area contributed by atoms with Gasteiger partial charge in [-0.05, 0) is 36.0 Å². The maximum absolute atomic E-state index is 11.9. The Labute approximate surface area is 194 Å². The van der Waals surface area contributed by atoms with E-state index in [2.05, 4.69) is 28.4 Å². The third-order valence-electron chi connectivity index (χ3n) is 6.77. The molecule has 1 aliphatic carbocycles. The topological polar surface area (TPSA) is 95.5 Å². The van der Waals surface area contributed by atoms with Crippen LogP contribution in [0.1, 0.15) is 5.69 Å². The minimum absolute atomic E-state index is 0.0197. The molecule has 1 amide bonds. The third kappa shape index (κ3) is 2.89. The molecule has 0 bridgehead atoms. The molecule has 0 radical (unpaired) electrons. The van der Waals surface area contributed by atoms with Crippen molar-refractivity contribution in [3.05, 3.63) is 41.8 Å². The highest BCUT2D eigenvalue weighted by molar-refractivity contribution is 6.34. The van der Waals surface area contributed by atoms with Gasteiger partial charge in [0.05, 0.1) is 16.0 Å². The monoisotopic (exact) mass is 461 g/mol. The van der Waals surface area contributed by atoms with E-state index in [-0.39, 0.29) is 18.6 Å². The first kappa shape index (κ1) is 19.9. The highest BCUT2D eigenvalue weighted by Gasteiger charge is 2.55. The van der Waals surface area contributed by atoms with E-state index in [1.807, 2.05) is 16.5 Å². The number of anilines is 1. The molecule has 3 aliphatic rings. The van der Waals surface area contributed by atoms with Crippen LogP contribution in [0.25, 0.3) is 22.2 Å². The lowest BCUT2D eigenvalue weighted by atomic mass is 10.0. The van der Waals surface area contributed by atoms with Gasteiger partial charge in [-0.15, -0.1) is 0 Å². The quantitative estimate of drug-likeness (QED) is 0.465. The zero-order valence-corrected chi connectivity index (χ0v) is 18.6. The van der Waals surface area contributed by atoms with Crippen LogP contribution in [-0.4, -0.2) is 45.2 Å². The van der Waals surface area contributed by atoms with Crippen LogP contribution in [0.2, 0.25) is 5.02 Å². The standard InChI is InChI=1S/C24H20ClN5O3/c1-3-18(31)30-8-13-12(14(13)9-30)4-6-16-20(21-23(26)27-10-28-24(21)29(16)2)19-15(25)5-7-17-22(19)33-11-32-17/h3,5,7,10,12-14H,1,8-9,11H2,2H3,(H2,26,27,28)/t12-,13-,14+. The average molecular weight is 462 g/mol. The summed E-state index contributed by atoms with van der Waals surface area (Å²) in [5.41, 5.74) is 9.09. The lowest BCUT2D eigenvalue weighted by molar-refractivity contribution is -0.125. The Morgan fingerprint density at radius 1 is 1.27 bits per heavy atom. The Morgan fingerprint density at radius 3 is 2.82 bits per heavy atom. The SMILES string of the molecule is C=CC(=O)N1C[C@@H]2[C@@H](C#Cc3c(-c4c(Cl)ccc5c4OCO5)c4c(N)ncnc4n3C)[C@@H]2C1. The first-order chi connectivity index (χ1) is 16.0. The van der Waals surface area contributed by atoms with Gasteiger partial charge >= 0.3 is 0 Å². The lowest BCUT2D eigenvalue weighted by Crippen LogP contribution is -2.29. The van der Waals surface area contributed by atoms with Crippen LogP contribution in [0.3, 0.4) is 0 Å². The van der Waals surface area contributed by atoms with Crippen LogP contribution in [0, 0.1) is 29.6 Å². The van der Waals surface area contributed by atoms with E-state index in [0.29, 0.717) is 50.8 Å². The van der Waals surface area contributed by atoms with E-state index < -0.39 is 0 Å². The summed E-state index contributed by atoms with van der Waals surface area (Å²) in [6, 6.07) is 3.56. The predicted molar refractivity (Wildman–Crippen MR) is 124 cm³/mol.